The van der Waals surface area contributed by atoms with Crippen LogP contribution in [-0.4, -0.2) is 0 Å². The van der Waals surface area contributed by atoms with Gasteiger partial charge >= 0.3 is 0 Å². The van der Waals surface area contributed by atoms with Crippen molar-refractivity contribution in [3.63, 3.8) is 0 Å². The highest BCUT2D eigenvalue weighted by atomic mass is 14.2. The predicted molar refractivity (Wildman–Crippen MR) is 200 cm³/mol. The molecule has 0 heteroatoms. The Morgan fingerprint density at radius 3 is 1.90 bits per heavy atom. The van der Waals surface area contributed by atoms with Gasteiger partial charge in [0.25, 0.3) is 0 Å². The zero-order valence-electron chi connectivity index (χ0n) is 30.7. The molecule has 0 N–H and O–H groups in total. The Morgan fingerprint density at radius 2 is 1.52 bits per heavy atom. The summed E-state index contributed by atoms with van der Waals surface area (Å²) >= 11 is 0. The molecule has 0 spiro atoms. The van der Waals surface area contributed by atoms with Crippen LogP contribution in [0.3, 0.4) is 0 Å². The second kappa shape index (κ2) is 31.8. The van der Waals surface area contributed by atoms with E-state index in [4.69, 9.17) is 0 Å². The van der Waals surface area contributed by atoms with Crippen LogP contribution in [-0.2, 0) is 12.8 Å². The molecule has 1 aromatic carbocycles. The lowest BCUT2D eigenvalue weighted by Gasteiger charge is -2.20. The molecule has 0 heterocycles. The van der Waals surface area contributed by atoms with Gasteiger partial charge in [-0.15, -0.1) is 6.58 Å². The normalized spacial score (nSPS) is 14.4. The van der Waals surface area contributed by atoms with Crippen LogP contribution in [0.2, 0.25) is 0 Å². The molecule has 0 bridgehead atoms. The van der Waals surface area contributed by atoms with Gasteiger partial charge in [0.1, 0.15) is 0 Å². The monoisotopic (exact) mass is 579 g/mol. The maximum atomic E-state index is 4.04. The van der Waals surface area contributed by atoms with Crippen molar-refractivity contribution >= 4 is 6.08 Å². The van der Waals surface area contributed by atoms with E-state index in [1.807, 2.05) is 34.6 Å². The van der Waals surface area contributed by atoms with Gasteiger partial charge in [-0.05, 0) is 88.0 Å². The molecular weight excluding hydrogens is 504 g/mol. The number of benzene rings is 1. The molecule has 3 rings (SSSR count). The smallest absolute Gasteiger partial charge is 0.000208 e. The number of rotatable bonds is 8. The quantitative estimate of drug-likeness (QED) is 0.269. The third-order valence-electron chi connectivity index (χ3n) is 7.42. The fourth-order valence-corrected chi connectivity index (χ4v) is 5.42. The van der Waals surface area contributed by atoms with Crippen LogP contribution in [0.4, 0.5) is 0 Å². The molecule has 0 nitrogen and oxygen atoms in total. The first kappa shape index (κ1) is 44.4. The Bertz CT molecular complexity index is 854. The largest absolute Gasteiger partial charge is 0.103 e. The van der Waals surface area contributed by atoms with Crippen molar-refractivity contribution in [3.05, 3.63) is 89.1 Å². The molecule has 0 aliphatic heterocycles. The molecule has 0 saturated heterocycles. The highest BCUT2D eigenvalue weighted by Gasteiger charge is 2.13. The molecule has 0 amide bonds. The average Bonchev–Trinajstić information content (AvgIpc) is 3.01. The fourth-order valence-electron chi connectivity index (χ4n) is 5.42. The summed E-state index contributed by atoms with van der Waals surface area (Å²) in [4.78, 5) is 0. The molecule has 42 heavy (non-hydrogen) atoms. The number of hydrogen-bond acceptors (Lipinski definition) is 0. The molecule has 1 aromatic rings. The van der Waals surface area contributed by atoms with Crippen molar-refractivity contribution < 1.29 is 0 Å². The summed E-state index contributed by atoms with van der Waals surface area (Å²) in [5.41, 5.74) is 8.84. The van der Waals surface area contributed by atoms with Gasteiger partial charge in [-0.2, -0.15) is 0 Å². The van der Waals surface area contributed by atoms with Gasteiger partial charge in [0.05, 0.1) is 0 Å². The molecule has 2 aliphatic carbocycles. The summed E-state index contributed by atoms with van der Waals surface area (Å²) in [7, 11) is 0. The third kappa shape index (κ3) is 20.7. The maximum absolute atomic E-state index is 4.04. The highest BCUT2D eigenvalue weighted by Crippen LogP contribution is 2.28. The van der Waals surface area contributed by atoms with Gasteiger partial charge in [-0.25, -0.2) is 0 Å². The van der Waals surface area contributed by atoms with Crippen LogP contribution < -0.4 is 0 Å². The highest BCUT2D eigenvalue weighted by molar-refractivity contribution is 5.60. The molecule has 0 aromatic heterocycles. The summed E-state index contributed by atoms with van der Waals surface area (Å²) in [6, 6.07) is 4.58. The van der Waals surface area contributed by atoms with E-state index in [-0.39, 0.29) is 0 Å². The SMILES string of the molecule is C/C=C\c1c(C)ccc(CCC)c1CCC.C=C(C)C(CC)C1=CC=CCC1.C=CC.CC.CC.CC1CCCCC1. The van der Waals surface area contributed by atoms with Crippen LogP contribution in [0.25, 0.3) is 6.08 Å². The van der Waals surface area contributed by atoms with E-state index in [0.29, 0.717) is 5.92 Å². The second-order valence-corrected chi connectivity index (χ2v) is 11.1. The first-order valence-electron chi connectivity index (χ1n) is 17.6. The number of allylic oxidation sites excluding steroid dienone is 7. The Balaban J connectivity index is -0.000000513. The molecule has 1 saturated carbocycles. The van der Waals surface area contributed by atoms with E-state index >= 15 is 0 Å². The number of aryl methyl sites for hydroxylation is 2. The first-order valence-corrected chi connectivity index (χ1v) is 17.6. The van der Waals surface area contributed by atoms with Crippen molar-refractivity contribution in [2.24, 2.45) is 11.8 Å². The standard InChI is InChI=1S/C16H24.C12H18.C7H14.C3H6.2C2H6/c1-5-8-14-12-11-13(4)15(9-6-2)16(14)10-7-3;1-4-12(10(2)3)11-8-6-5-7-9-11;1-7-5-3-2-4-6-7;1-3-2;2*1-2/h6,9,11-12H,5,7-8,10H2,1-4H3;5-6,8,12H,2,4,7,9H2,1,3H3;7H,2-6H2,1H3;3H,1H2,2H3;2*1-2H3/b9-6-;;;;;. The first-order chi connectivity index (χ1) is 20.3. The zero-order chi connectivity index (χ0) is 32.8. The molecule has 0 radical (unpaired) electrons. The van der Waals surface area contributed by atoms with Gasteiger partial charge < -0.3 is 0 Å². The summed E-state index contributed by atoms with van der Waals surface area (Å²) in [6.07, 6.45) is 28.7. The van der Waals surface area contributed by atoms with E-state index in [9.17, 15) is 0 Å². The predicted octanol–water partition coefficient (Wildman–Crippen LogP) is 14.6. The second-order valence-electron chi connectivity index (χ2n) is 11.1. The van der Waals surface area contributed by atoms with Gasteiger partial charge in [-0.3, -0.25) is 0 Å². The number of hydrogen-bond donors (Lipinski definition) is 0. The molecule has 1 fully saturated rings. The third-order valence-corrected chi connectivity index (χ3v) is 7.42. The lowest BCUT2D eigenvalue weighted by Crippen LogP contribution is -2.05. The topological polar surface area (TPSA) is 0 Å². The van der Waals surface area contributed by atoms with Gasteiger partial charge in [0, 0.05) is 5.92 Å². The van der Waals surface area contributed by atoms with Crippen molar-refractivity contribution in [2.45, 2.75) is 160 Å². The summed E-state index contributed by atoms with van der Waals surface area (Å²) in [6.45, 7) is 32.8. The minimum absolute atomic E-state index is 0.620. The molecular formula is C42H74. The lowest BCUT2D eigenvalue weighted by atomic mass is 9.86. The summed E-state index contributed by atoms with van der Waals surface area (Å²) < 4.78 is 0. The Kier molecular flexibility index (Phi) is 33.6. The van der Waals surface area contributed by atoms with Crippen LogP contribution in [0.5, 0.6) is 0 Å². The minimum Gasteiger partial charge on any atom is -0.103 e. The van der Waals surface area contributed by atoms with Gasteiger partial charge in [0.15, 0.2) is 0 Å². The molecule has 2 aliphatic rings. The van der Waals surface area contributed by atoms with Crippen molar-refractivity contribution in [3.8, 4) is 0 Å². The Labute approximate surface area is 266 Å². The molecule has 1 unspecified atom stereocenters. The van der Waals surface area contributed by atoms with E-state index in [0.717, 1.165) is 5.92 Å². The molecule has 242 valence electrons. The average molecular weight is 579 g/mol. The zero-order valence-corrected chi connectivity index (χ0v) is 30.7. The van der Waals surface area contributed by atoms with Crippen LogP contribution in [0.1, 0.15) is 163 Å². The van der Waals surface area contributed by atoms with Crippen molar-refractivity contribution in [1.82, 2.24) is 0 Å². The van der Waals surface area contributed by atoms with E-state index in [2.05, 4.69) is 104 Å². The summed E-state index contributed by atoms with van der Waals surface area (Å²) in [5.74, 6) is 1.66. The van der Waals surface area contributed by atoms with Gasteiger partial charge in [0.2, 0.25) is 0 Å². The Hall–Kier alpha value is -2.08. The van der Waals surface area contributed by atoms with E-state index in [1.165, 1.54) is 93.7 Å². The van der Waals surface area contributed by atoms with Gasteiger partial charge in [-0.1, -0.05) is 167 Å². The minimum atomic E-state index is 0.620. The summed E-state index contributed by atoms with van der Waals surface area (Å²) in [5, 5.41) is 0. The van der Waals surface area contributed by atoms with Crippen LogP contribution in [0, 0.1) is 18.8 Å². The van der Waals surface area contributed by atoms with E-state index < -0.39 is 0 Å². The van der Waals surface area contributed by atoms with Crippen molar-refractivity contribution in [1.29, 1.82) is 0 Å². The maximum Gasteiger partial charge on any atom is 0.000208 e. The van der Waals surface area contributed by atoms with Crippen LogP contribution in [0.15, 0.2) is 66.8 Å². The Morgan fingerprint density at radius 1 is 0.952 bits per heavy atom. The fraction of sp³-hybridized carbons (Fsp3) is 0.619. The molecule has 1 atom stereocenters. The van der Waals surface area contributed by atoms with E-state index in [1.54, 1.807) is 22.8 Å². The van der Waals surface area contributed by atoms with Crippen molar-refractivity contribution in [2.75, 3.05) is 0 Å². The van der Waals surface area contributed by atoms with Crippen LogP contribution >= 0.6 is 0 Å². The lowest BCUT2D eigenvalue weighted by molar-refractivity contribution is 0.385.